The standard InChI is InChI=1S/C14H19F2N3O2/c15-14(16)21-12-3-1-2-11(10-12)13(20)18-6-9-19-7-4-17-5-8-19/h1-3,10,14,17H,4-9H2,(H,18,20). The zero-order valence-corrected chi connectivity index (χ0v) is 11.6. The van der Waals surface area contributed by atoms with Crippen molar-refractivity contribution in [3.05, 3.63) is 29.8 Å². The lowest BCUT2D eigenvalue weighted by molar-refractivity contribution is -0.0498. The van der Waals surface area contributed by atoms with E-state index in [0.717, 1.165) is 32.7 Å². The molecule has 1 aromatic carbocycles. The number of nitrogens with zero attached hydrogens (tertiary/aromatic N) is 1. The zero-order valence-electron chi connectivity index (χ0n) is 11.6. The maximum absolute atomic E-state index is 12.1. The molecular weight excluding hydrogens is 280 g/mol. The third kappa shape index (κ3) is 5.28. The van der Waals surface area contributed by atoms with Crippen molar-refractivity contribution >= 4 is 5.91 Å². The maximum atomic E-state index is 12.1. The Balaban J connectivity index is 1.79. The molecule has 1 amide bonds. The van der Waals surface area contributed by atoms with Crippen LogP contribution in [0.3, 0.4) is 0 Å². The lowest BCUT2D eigenvalue weighted by Crippen LogP contribution is -2.46. The highest BCUT2D eigenvalue weighted by molar-refractivity contribution is 5.94. The van der Waals surface area contributed by atoms with E-state index in [-0.39, 0.29) is 11.7 Å². The predicted octanol–water partition coefficient (Wildman–Crippen LogP) is 0.923. The molecule has 0 radical (unpaired) electrons. The summed E-state index contributed by atoms with van der Waals surface area (Å²) in [4.78, 5) is 14.2. The van der Waals surface area contributed by atoms with Gasteiger partial charge in [-0.3, -0.25) is 9.69 Å². The smallest absolute Gasteiger partial charge is 0.387 e. The molecule has 0 aromatic heterocycles. The summed E-state index contributed by atoms with van der Waals surface area (Å²) >= 11 is 0. The molecular formula is C14H19F2N3O2. The van der Waals surface area contributed by atoms with Crippen molar-refractivity contribution in [1.29, 1.82) is 0 Å². The van der Waals surface area contributed by atoms with Crippen molar-refractivity contribution in [1.82, 2.24) is 15.5 Å². The Kier molecular flexibility index (Phi) is 5.89. The molecule has 2 N–H and O–H groups in total. The quantitative estimate of drug-likeness (QED) is 0.820. The first-order chi connectivity index (χ1) is 10.1. The van der Waals surface area contributed by atoms with Gasteiger partial charge in [-0.05, 0) is 18.2 Å². The Morgan fingerprint density at radius 3 is 2.86 bits per heavy atom. The molecule has 0 spiro atoms. The number of carbonyl (C=O) groups excluding carboxylic acids is 1. The van der Waals surface area contributed by atoms with Crippen LogP contribution in [0.4, 0.5) is 8.78 Å². The number of piperazine rings is 1. The van der Waals surface area contributed by atoms with E-state index in [1.165, 1.54) is 18.2 Å². The van der Waals surface area contributed by atoms with E-state index in [1.807, 2.05) is 0 Å². The van der Waals surface area contributed by atoms with Gasteiger partial charge in [0.05, 0.1) is 0 Å². The fourth-order valence-corrected chi connectivity index (χ4v) is 2.18. The maximum Gasteiger partial charge on any atom is 0.387 e. The molecule has 1 aromatic rings. The van der Waals surface area contributed by atoms with Gasteiger partial charge in [0.1, 0.15) is 5.75 Å². The van der Waals surface area contributed by atoms with Gasteiger partial charge in [-0.25, -0.2) is 0 Å². The topological polar surface area (TPSA) is 53.6 Å². The van der Waals surface area contributed by atoms with E-state index in [0.29, 0.717) is 12.1 Å². The number of nitrogens with one attached hydrogen (secondary N) is 2. The number of ether oxygens (including phenoxy) is 1. The Labute approximate surface area is 122 Å². The van der Waals surface area contributed by atoms with Crippen LogP contribution < -0.4 is 15.4 Å². The molecule has 116 valence electrons. The lowest BCUT2D eigenvalue weighted by Gasteiger charge is -2.27. The van der Waals surface area contributed by atoms with Crippen LogP contribution in [0.2, 0.25) is 0 Å². The minimum absolute atomic E-state index is 0.0141. The molecule has 7 heteroatoms. The molecule has 5 nitrogen and oxygen atoms in total. The van der Waals surface area contributed by atoms with Gasteiger partial charge >= 0.3 is 6.61 Å². The third-order valence-electron chi connectivity index (χ3n) is 3.24. The average Bonchev–Trinajstić information content (AvgIpc) is 2.48. The third-order valence-corrected chi connectivity index (χ3v) is 3.24. The van der Waals surface area contributed by atoms with Crippen molar-refractivity contribution in [2.45, 2.75) is 6.61 Å². The van der Waals surface area contributed by atoms with Crippen LogP contribution in [0.15, 0.2) is 24.3 Å². The molecule has 0 atom stereocenters. The Morgan fingerprint density at radius 2 is 2.14 bits per heavy atom. The van der Waals surface area contributed by atoms with Crippen molar-refractivity contribution in [3.63, 3.8) is 0 Å². The summed E-state index contributed by atoms with van der Waals surface area (Å²) in [6.07, 6.45) is 0. The number of hydrogen-bond acceptors (Lipinski definition) is 4. The van der Waals surface area contributed by atoms with Crippen molar-refractivity contribution in [2.75, 3.05) is 39.3 Å². The van der Waals surface area contributed by atoms with Crippen LogP contribution in [0.5, 0.6) is 5.75 Å². The minimum atomic E-state index is -2.89. The molecule has 1 fully saturated rings. The van der Waals surface area contributed by atoms with Gasteiger partial charge in [-0.15, -0.1) is 0 Å². The number of carbonyl (C=O) groups is 1. The number of alkyl halides is 2. The number of amides is 1. The van der Waals surface area contributed by atoms with Crippen LogP contribution in [0, 0.1) is 0 Å². The number of rotatable bonds is 6. The van der Waals surface area contributed by atoms with Gasteiger partial charge in [0.15, 0.2) is 0 Å². The van der Waals surface area contributed by atoms with Crippen molar-refractivity contribution in [3.8, 4) is 5.75 Å². The first-order valence-corrected chi connectivity index (χ1v) is 6.91. The van der Waals surface area contributed by atoms with E-state index in [1.54, 1.807) is 6.07 Å². The molecule has 0 bridgehead atoms. The Hall–Kier alpha value is -1.73. The zero-order chi connectivity index (χ0) is 15.1. The van der Waals surface area contributed by atoms with Crippen molar-refractivity contribution < 1.29 is 18.3 Å². The predicted molar refractivity (Wildman–Crippen MR) is 74.7 cm³/mol. The van der Waals surface area contributed by atoms with Gasteiger partial charge in [-0.2, -0.15) is 8.78 Å². The molecule has 2 rings (SSSR count). The van der Waals surface area contributed by atoms with E-state index >= 15 is 0 Å². The SMILES string of the molecule is O=C(NCCN1CCNCC1)c1cccc(OC(F)F)c1. The van der Waals surface area contributed by atoms with E-state index in [9.17, 15) is 13.6 Å². The van der Waals surface area contributed by atoms with Crippen LogP contribution >= 0.6 is 0 Å². The number of benzene rings is 1. The van der Waals surface area contributed by atoms with Gasteiger partial charge in [0.2, 0.25) is 0 Å². The van der Waals surface area contributed by atoms with E-state index in [2.05, 4.69) is 20.3 Å². The summed E-state index contributed by atoms with van der Waals surface area (Å²) in [5.74, 6) is -0.301. The first kappa shape index (κ1) is 15.7. The first-order valence-electron chi connectivity index (χ1n) is 6.91. The average molecular weight is 299 g/mol. The second-order valence-corrected chi connectivity index (χ2v) is 4.75. The molecule has 1 aliphatic rings. The van der Waals surface area contributed by atoms with Gasteiger partial charge < -0.3 is 15.4 Å². The molecule has 0 unspecified atom stereocenters. The number of hydrogen-bond donors (Lipinski definition) is 2. The monoisotopic (exact) mass is 299 g/mol. The molecule has 1 saturated heterocycles. The normalized spacial score (nSPS) is 16.0. The minimum Gasteiger partial charge on any atom is -0.435 e. The van der Waals surface area contributed by atoms with Crippen LogP contribution in [0.1, 0.15) is 10.4 Å². The van der Waals surface area contributed by atoms with Crippen LogP contribution in [0.25, 0.3) is 0 Å². The Bertz CT molecular complexity index is 465. The highest BCUT2D eigenvalue weighted by atomic mass is 19.3. The molecule has 1 aliphatic heterocycles. The van der Waals surface area contributed by atoms with Gasteiger partial charge in [0, 0.05) is 44.8 Å². The molecule has 0 saturated carbocycles. The summed E-state index contributed by atoms with van der Waals surface area (Å²) in [6, 6.07) is 5.79. The summed E-state index contributed by atoms with van der Waals surface area (Å²) in [7, 11) is 0. The van der Waals surface area contributed by atoms with Crippen LogP contribution in [-0.2, 0) is 0 Å². The summed E-state index contributed by atoms with van der Waals surface area (Å²) in [6.45, 7) is 2.26. The summed E-state index contributed by atoms with van der Waals surface area (Å²) in [5.41, 5.74) is 0.313. The van der Waals surface area contributed by atoms with E-state index in [4.69, 9.17) is 0 Å². The highest BCUT2D eigenvalue weighted by Crippen LogP contribution is 2.15. The van der Waals surface area contributed by atoms with Crippen molar-refractivity contribution in [2.24, 2.45) is 0 Å². The largest absolute Gasteiger partial charge is 0.435 e. The fraction of sp³-hybridized carbons (Fsp3) is 0.500. The summed E-state index contributed by atoms with van der Waals surface area (Å²) < 4.78 is 28.5. The van der Waals surface area contributed by atoms with Crippen LogP contribution in [-0.4, -0.2) is 56.7 Å². The van der Waals surface area contributed by atoms with Gasteiger partial charge in [0.25, 0.3) is 5.91 Å². The molecule has 1 heterocycles. The lowest BCUT2D eigenvalue weighted by atomic mass is 10.2. The number of halogens is 2. The summed E-state index contributed by atoms with van der Waals surface area (Å²) in [5, 5.41) is 6.04. The molecule has 21 heavy (non-hydrogen) atoms. The highest BCUT2D eigenvalue weighted by Gasteiger charge is 2.11. The second kappa shape index (κ2) is 7.90. The fourth-order valence-electron chi connectivity index (χ4n) is 2.18. The van der Waals surface area contributed by atoms with Gasteiger partial charge in [-0.1, -0.05) is 6.07 Å². The molecule has 0 aliphatic carbocycles. The second-order valence-electron chi connectivity index (χ2n) is 4.75. The Morgan fingerprint density at radius 1 is 1.38 bits per heavy atom. The van der Waals surface area contributed by atoms with E-state index < -0.39 is 6.61 Å².